The number of nitrogens with one attached hydrogen (secondary N) is 1. The first kappa shape index (κ1) is 20.7. The first-order chi connectivity index (χ1) is 14.7. The van der Waals surface area contributed by atoms with E-state index in [1.165, 1.54) is 0 Å². The summed E-state index contributed by atoms with van der Waals surface area (Å²) < 4.78 is 11.1. The molecule has 1 saturated carbocycles. The standard InChI is InChI=1S/C24H31N3O3/c1-29-21-10-5-7-19(23(21)30-2)16-27-14-6-8-18(15-27)22(20-9-3-4-13-25-20)26-24(28)17-11-12-17/h3-5,7,9-10,13,17-18,22H,6,8,11-12,14-16H2,1-2H3,(H,26,28). The van der Waals surface area contributed by atoms with E-state index in [2.05, 4.69) is 21.3 Å². The number of pyridine rings is 1. The molecule has 1 aliphatic carbocycles. The number of likely N-dealkylation sites (tertiary alicyclic amines) is 1. The van der Waals surface area contributed by atoms with Gasteiger partial charge in [-0.2, -0.15) is 0 Å². The molecule has 2 unspecified atom stereocenters. The fourth-order valence-electron chi connectivity index (χ4n) is 4.44. The van der Waals surface area contributed by atoms with Crippen LogP contribution in [0.4, 0.5) is 0 Å². The van der Waals surface area contributed by atoms with Gasteiger partial charge >= 0.3 is 0 Å². The predicted molar refractivity (Wildman–Crippen MR) is 115 cm³/mol. The summed E-state index contributed by atoms with van der Waals surface area (Å²) in [6, 6.07) is 11.9. The molecule has 30 heavy (non-hydrogen) atoms. The molecular formula is C24H31N3O3. The Bertz CT molecular complexity index is 854. The van der Waals surface area contributed by atoms with Crippen molar-refractivity contribution in [3.63, 3.8) is 0 Å². The summed E-state index contributed by atoms with van der Waals surface area (Å²) in [5, 5.41) is 3.32. The maximum Gasteiger partial charge on any atom is 0.223 e. The molecule has 2 aromatic rings. The fraction of sp³-hybridized carbons (Fsp3) is 0.500. The number of hydrogen-bond donors (Lipinski definition) is 1. The number of amides is 1. The summed E-state index contributed by atoms with van der Waals surface area (Å²) >= 11 is 0. The van der Waals surface area contributed by atoms with Crippen LogP contribution in [-0.2, 0) is 11.3 Å². The van der Waals surface area contributed by atoms with E-state index in [1.54, 1.807) is 14.2 Å². The van der Waals surface area contributed by atoms with Crippen LogP contribution in [0.2, 0.25) is 0 Å². The lowest BCUT2D eigenvalue weighted by molar-refractivity contribution is -0.123. The van der Waals surface area contributed by atoms with E-state index in [0.29, 0.717) is 5.92 Å². The third-order valence-electron chi connectivity index (χ3n) is 6.14. The van der Waals surface area contributed by atoms with Gasteiger partial charge in [0.2, 0.25) is 5.91 Å². The quantitative estimate of drug-likeness (QED) is 0.722. The van der Waals surface area contributed by atoms with Crippen LogP contribution < -0.4 is 14.8 Å². The highest BCUT2D eigenvalue weighted by Crippen LogP contribution is 2.35. The van der Waals surface area contributed by atoms with E-state index in [4.69, 9.17) is 9.47 Å². The molecule has 1 aliphatic heterocycles. The van der Waals surface area contributed by atoms with Crippen LogP contribution in [-0.4, -0.2) is 43.1 Å². The van der Waals surface area contributed by atoms with Gasteiger partial charge in [-0.05, 0) is 56.3 Å². The van der Waals surface area contributed by atoms with Crippen molar-refractivity contribution in [3.8, 4) is 11.5 Å². The van der Waals surface area contributed by atoms with E-state index in [0.717, 1.165) is 68.1 Å². The highest BCUT2D eigenvalue weighted by Gasteiger charge is 2.35. The zero-order chi connectivity index (χ0) is 20.9. The first-order valence-electron chi connectivity index (χ1n) is 10.8. The maximum atomic E-state index is 12.6. The summed E-state index contributed by atoms with van der Waals surface area (Å²) in [6.07, 6.45) is 6.01. The lowest BCUT2D eigenvalue weighted by atomic mass is 9.88. The molecule has 1 amide bonds. The second-order valence-corrected chi connectivity index (χ2v) is 8.31. The zero-order valence-electron chi connectivity index (χ0n) is 17.8. The Labute approximate surface area is 178 Å². The molecule has 2 aliphatic rings. The minimum atomic E-state index is -0.0469. The number of aromatic nitrogens is 1. The summed E-state index contributed by atoms with van der Waals surface area (Å²) in [7, 11) is 3.35. The molecule has 6 nitrogen and oxygen atoms in total. The molecule has 2 atom stereocenters. The van der Waals surface area contributed by atoms with Crippen molar-refractivity contribution in [1.29, 1.82) is 0 Å². The van der Waals surface area contributed by atoms with Crippen LogP contribution in [0.1, 0.15) is 43.0 Å². The van der Waals surface area contributed by atoms with Crippen molar-refractivity contribution in [3.05, 3.63) is 53.9 Å². The van der Waals surface area contributed by atoms with Gasteiger partial charge in [-0.3, -0.25) is 14.7 Å². The number of hydrogen-bond acceptors (Lipinski definition) is 5. The fourth-order valence-corrected chi connectivity index (χ4v) is 4.44. The Morgan fingerprint density at radius 2 is 2.03 bits per heavy atom. The van der Waals surface area contributed by atoms with Gasteiger partial charge in [-0.15, -0.1) is 0 Å². The van der Waals surface area contributed by atoms with Crippen LogP contribution in [0.5, 0.6) is 11.5 Å². The number of carbonyl (C=O) groups excluding carboxylic acids is 1. The van der Waals surface area contributed by atoms with E-state index in [9.17, 15) is 4.79 Å². The molecule has 1 N–H and O–H groups in total. The Kier molecular flexibility index (Phi) is 6.53. The van der Waals surface area contributed by atoms with E-state index in [-0.39, 0.29) is 17.9 Å². The van der Waals surface area contributed by atoms with Crippen LogP contribution >= 0.6 is 0 Å². The smallest absolute Gasteiger partial charge is 0.223 e. The van der Waals surface area contributed by atoms with E-state index < -0.39 is 0 Å². The minimum absolute atomic E-state index is 0.0469. The van der Waals surface area contributed by atoms with Crippen molar-refractivity contribution in [2.24, 2.45) is 11.8 Å². The number of benzene rings is 1. The summed E-state index contributed by atoms with van der Waals surface area (Å²) in [4.78, 5) is 19.6. The third kappa shape index (κ3) is 4.75. The first-order valence-corrected chi connectivity index (χ1v) is 10.8. The Morgan fingerprint density at radius 3 is 2.73 bits per heavy atom. The number of nitrogens with zero attached hydrogens (tertiary/aromatic N) is 2. The second kappa shape index (κ2) is 9.47. The largest absolute Gasteiger partial charge is 0.493 e. The molecule has 0 bridgehead atoms. The summed E-state index contributed by atoms with van der Waals surface area (Å²) in [5.41, 5.74) is 2.08. The second-order valence-electron chi connectivity index (χ2n) is 8.31. The Balaban J connectivity index is 1.50. The molecule has 0 radical (unpaired) electrons. The number of methoxy groups -OCH3 is 2. The highest BCUT2D eigenvalue weighted by molar-refractivity contribution is 5.81. The Hall–Kier alpha value is -2.60. The summed E-state index contributed by atoms with van der Waals surface area (Å²) in [6.45, 7) is 2.73. The van der Waals surface area contributed by atoms with Gasteiger partial charge in [0.25, 0.3) is 0 Å². The molecule has 2 fully saturated rings. The number of ether oxygens (including phenoxy) is 2. The molecule has 1 aromatic carbocycles. The zero-order valence-corrected chi connectivity index (χ0v) is 17.8. The van der Waals surface area contributed by atoms with Gasteiger partial charge in [-0.25, -0.2) is 0 Å². The van der Waals surface area contributed by atoms with Crippen molar-refractivity contribution < 1.29 is 14.3 Å². The average Bonchev–Trinajstić information content (AvgIpc) is 3.63. The number of para-hydroxylation sites is 1. The van der Waals surface area contributed by atoms with Gasteiger partial charge < -0.3 is 14.8 Å². The predicted octanol–water partition coefficient (Wildman–Crippen LogP) is 3.58. The van der Waals surface area contributed by atoms with Crippen molar-refractivity contribution >= 4 is 5.91 Å². The molecule has 2 heterocycles. The molecule has 1 aromatic heterocycles. The van der Waals surface area contributed by atoms with Gasteiger partial charge in [-0.1, -0.05) is 18.2 Å². The van der Waals surface area contributed by atoms with Crippen LogP contribution in [0.25, 0.3) is 0 Å². The molecule has 0 spiro atoms. The minimum Gasteiger partial charge on any atom is -0.493 e. The van der Waals surface area contributed by atoms with Crippen molar-refractivity contribution in [1.82, 2.24) is 15.2 Å². The molecule has 4 rings (SSSR count). The van der Waals surface area contributed by atoms with Crippen molar-refractivity contribution in [2.45, 2.75) is 38.3 Å². The molecule has 160 valence electrons. The van der Waals surface area contributed by atoms with Gasteiger partial charge in [0.05, 0.1) is 26.0 Å². The van der Waals surface area contributed by atoms with E-state index >= 15 is 0 Å². The maximum absolute atomic E-state index is 12.6. The monoisotopic (exact) mass is 409 g/mol. The lowest BCUT2D eigenvalue weighted by Crippen LogP contribution is -2.43. The third-order valence-corrected chi connectivity index (χ3v) is 6.14. The average molecular weight is 410 g/mol. The van der Waals surface area contributed by atoms with Crippen LogP contribution in [0.3, 0.4) is 0 Å². The Morgan fingerprint density at radius 1 is 1.17 bits per heavy atom. The normalized spacial score (nSPS) is 20.4. The van der Waals surface area contributed by atoms with Gasteiger partial charge in [0, 0.05) is 30.8 Å². The number of piperidine rings is 1. The van der Waals surface area contributed by atoms with Crippen LogP contribution in [0, 0.1) is 11.8 Å². The van der Waals surface area contributed by atoms with Gasteiger partial charge in [0.15, 0.2) is 11.5 Å². The highest BCUT2D eigenvalue weighted by atomic mass is 16.5. The number of rotatable bonds is 8. The SMILES string of the molecule is COc1cccc(CN2CCCC(C(NC(=O)C3CC3)c3ccccn3)C2)c1OC. The molecule has 1 saturated heterocycles. The van der Waals surface area contributed by atoms with Crippen LogP contribution in [0.15, 0.2) is 42.6 Å². The number of carbonyl (C=O) groups is 1. The van der Waals surface area contributed by atoms with Gasteiger partial charge in [0.1, 0.15) is 0 Å². The van der Waals surface area contributed by atoms with E-state index in [1.807, 2.05) is 36.5 Å². The molecule has 6 heteroatoms. The topological polar surface area (TPSA) is 63.7 Å². The molecular weight excluding hydrogens is 378 g/mol. The van der Waals surface area contributed by atoms with Crippen molar-refractivity contribution in [2.75, 3.05) is 27.3 Å². The summed E-state index contributed by atoms with van der Waals surface area (Å²) in [5.74, 6) is 2.25. The lowest BCUT2D eigenvalue weighted by Gasteiger charge is -2.37.